The molecule has 0 N–H and O–H groups in total. The molecule has 0 saturated heterocycles. The monoisotopic (exact) mass is 311 g/mol. The van der Waals surface area contributed by atoms with Crippen LogP contribution in [0.5, 0.6) is 0 Å². The van der Waals surface area contributed by atoms with Crippen LogP contribution in [0.4, 0.5) is 0 Å². The second-order valence-electron chi connectivity index (χ2n) is 4.08. The van der Waals surface area contributed by atoms with Crippen molar-refractivity contribution < 1.29 is 4.79 Å². The van der Waals surface area contributed by atoms with Crippen molar-refractivity contribution >= 4 is 41.1 Å². The number of carbonyl (C=O) groups excluding carboxylic acids is 1. The average molecular weight is 313 g/mol. The first kappa shape index (κ1) is 15.7. The lowest BCUT2D eigenvalue weighted by Crippen LogP contribution is -2.14. The Balaban J connectivity index is 2.66. The van der Waals surface area contributed by atoms with Gasteiger partial charge in [-0.15, -0.1) is 5.10 Å². The molecule has 1 aromatic heterocycles. The third-order valence-electron chi connectivity index (χ3n) is 2.61. The molecule has 0 atom stereocenters. The van der Waals surface area contributed by atoms with Crippen LogP contribution in [0, 0.1) is 0 Å². The van der Waals surface area contributed by atoms with Gasteiger partial charge in [0.05, 0.1) is 0 Å². The van der Waals surface area contributed by atoms with Crippen LogP contribution in [-0.2, 0) is 10.3 Å². The molecule has 0 bridgehead atoms. The normalized spacial score (nSPS) is 11.8. The maximum Gasteiger partial charge on any atom is 0.234 e. The fourth-order valence-electron chi connectivity index (χ4n) is 1.72. The summed E-state index contributed by atoms with van der Waals surface area (Å²) in [6.07, 6.45) is 6.15. The second-order valence-corrected chi connectivity index (χ2v) is 6.36. The van der Waals surface area contributed by atoms with E-state index in [1.165, 1.54) is 23.9 Å². The van der Waals surface area contributed by atoms with Gasteiger partial charge in [0.15, 0.2) is 12.0 Å². The maximum absolute atomic E-state index is 10.8. The Bertz CT molecular complexity index is 387. The molecule has 1 heterocycles. The van der Waals surface area contributed by atoms with E-state index in [0.29, 0.717) is 12.8 Å². The number of aldehydes is 1. The van der Waals surface area contributed by atoms with Crippen molar-refractivity contribution in [1.29, 1.82) is 0 Å². The lowest BCUT2D eigenvalue weighted by molar-refractivity contribution is 0.111. The van der Waals surface area contributed by atoms with Crippen molar-refractivity contribution in [2.75, 3.05) is 0 Å². The van der Waals surface area contributed by atoms with E-state index in [9.17, 15) is 4.79 Å². The minimum Gasteiger partial charge on any atom is -0.296 e. The first-order valence-corrected chi connectivity index (χ1v) is 7.10. The van der Waals surface area contributed by atoms with E-state index >= 15 is 0 Å². The zero-order valence-electron chi connectivity index (χ0n) is 10.2. The van der Waals surface area contributed by atoms with Crippen molar-refractivity contribution in [2.24, 2.45) is 0 Å². The first-order valence-electron chi connectivity index (χ1n) is 5.96. The molecule has 0 radical (unpaired) electrons. The highest BCUT2D eigenvalue weighted by Gasteiger charge is 2.32. The third kappa shape index (κ3) is 4.41. The molecule has 0 saturated carbocycles. The molecule has 0 fully saturated rings. The summed E-state index contributed by atoms with van der Waals surface area (Å²) >= 11 is 17.5. The number of alkyl halides is 3. The molecule has 0 aliphatic rings. The highest BCUT2D eigenvalue weighted by Crippen LogP contribution is 2.39. The van der Waals surface area contributed by atoms with E-state index in [4.69, 9.17) is 34.8 Å². The van der Waals surface area contributed by atoms with Crippen LogP contribution in [0.2, 0.25) is 0 Å². The van der Waals surface area contributed by atoms with Crippen molar-refractivity contribution in [1.82, 2.24) is 15.0 Å². The molecular weight excluding hydrogens is 296 g/mol. The van der Waals surface area contributed by atoms with Crippen molar-refractivity contribution in [2.45, 2.75) is 49.4 Å². The first-order chi connectivity index (χ1) is 8.50. The third-order valence-corrected chi connectivity index (χ3v) is 3.15. The minimum absolute atomic E-state index is 0.0866. The Morgan fingerprint density at radius 1 is 1.22 bits per heavy atom. The largest absolute Gasteiger partial charge is 0.296 e. The molecule has 0 aliphatic carbocycles. The van der Waals surface area contributed by atoms with Crippen LogP contribution in [0.15, 0.2) is 0 Å². The quantitative estimate of drug-likeness (QED) is 0.436. The number of aromatic nitrogens is 3. The summed E-state index contributed by atoms with van der Waals surface area (Å²) in [6, 6.07) is 0. The van der Waals surface area contributed by atoms with E-state index in [-0.39, 0.29) is 11.4 Å². The molecule has 0 aromatic carbocycles. The van der Waals surface area contributed by atoms with Crippen LogP contribution in [-0.4, -0.2) is 21.3 Å². The van der Waals surface area contributed by atoms with Crippen molar-refractivity contribution in [3.63, 3.8) is 0 Å². The van der Waals surface area contributed by atoms with Gasteiger partial charge in [-0.3, -0.25) is 4.79 Å². The average Bonchev–Trinajstić information content (AvgIpc) is 2.71. The molecule has 18 heavy (non-hydrogen) atoms. The van der Waals surface area contributed by atoms with Crippen molar-refractivity contribution in [3.05, 3.63) is 11.4 Å². The van der Waals surface area contributed by atoms with Gasteiger partial charge in [0, 0.05) is 6.54 Å². The minimum atomic E-state index is -1.68. The van der Waals surface area contributed by atoms with Crippen LogP contribution in [0.3, 0.4) is 0 Å². The summed E-state index contributed by atoms with van der Waals surface area (Å²) < 4.78 is -0.175. The Kier molecular flexibility index (Phi) is 6.39. The number of unbranched alkanes of at least 4 members (excludes halogenated alkanes) is 4. The molecular formula is C11H16Cl3N3O. The summed E-state index contributed by atoms with van der Waals surface area (Å²) in [6.45, 7) is 2.77. The number of nitrogens with zero attached hydrogens (tertiary/aromatic N) is 3. The van der Waals surface area contributed by atoms with E-state index < -0.39 is 3.79 Å². The summed E-state index contributed by atoms with van der Waals surface area (Å²) in [7, 11) is 0. The number of hydrogen-bond donors (Lipinski definition) is 0. The molecule has 1 aromatic rings. The molecule has 1 rings (SSSR count). The summed E-state index contributed by atoms with van der Waals surface area (Å²) in [5.41, 5.74) is 0.335. The van der Waals surface area contributed by atoms with Gasteiger partial charge in [-0.1, -0.05) is 72.6 Å². The summed E-state index contributed by atoms with van der Waals surface area (Å²) in [5.74, 6) is 0. The number of halogens is 3. The molecule has 102 valence electrons. The SMILES string of the molecule is CCCCCCCn1nnc(C=O)c1C(Cl)(Cl)Cl. The number of hydrogen-bond acceptors (Lipinski definition) is 3. The second kappa shape index (κ2) is 7.31. The van der Waals surface area contributed by atoms with Gasteiger partial charge in [0.2, 0.25) is 3.79 Å². The van der Waals surface area contributed by atoms with Gasteiger partial charge < -0.3 is 0 Å². The van der Waals surface area contributed by atoms with Gasteiger partial charge in [0.1, 0.15) is 5.69 Å². The standard InChI is InChI=1S/C11H16Cl3N3O/c1-2-3-4-5-6-7-17-10(11(12,13)14)9(8-18)15-16-17/h8H,2-7H2,1H3. The van der Waals surface area contributed by atoms with Crippen LogP contribution in [0.1, 0.15) is 55.2 Å². The van der Waals surface area contributed by atoms with Crippen LogP contribution in [0.25, 0.3) is 0 Å². The predicted molar refractivity (Wildman–Crippen MR) is 73.4 cm³/mol. The van der Waals surface area contributed by atoms with Gasteiger partial charge in [-0.2, -0.15) is 0 Å². The fourth-order valence-corrected chi connectivity index (χ4v) is 2.30. The highest BCUT2D eigenvalue weighted by atomic mass is 35.6. The molecule has 0 aliphatic heterocycles. The van der Waals surface area contributed by atoms with Gasteiger partial charge in [0.25, 0.3) is 0 Å². The van der Waals surface area contributed by atoms with Crippen LogP contribution >= 0.6 is 34.8 Å². The zero-order valence-corrected chi connectivity index (χ0v) is 12.5. The van der Waals surface area contributed by atoms with Gasteiger partial charge >= 0.3 is 0 Å². The fraction of sp³-hybridized carbons (Fsp3) is 0.727. The Labute approximate surface area is 122 Å². The van der Waals surface area contributed by atoms with Gasteiger partial charge in [-0.25, -0.2) is 4.68 Å². The lowest BCUT2D eigenvalue weighted by Gasteiger charge is -2.13. The van der Waals surface area contributed by atoms with Crippen LogP contribution < -0.4 is 0 Å². The zero-order chi connectivity index (χ0) is 13.6. The molecule has 4 nitrogen and oxygen atoms in total. The lowest BCUT2D eigenvalue weighted by atomic mass is 10.1. The van der Waals surface area contributed by atoms with Gasteiger partial charge in [-0.05, 0) is 6.42 Å². The topological polar surface area (TPSA) is 47.8 Å². The molecule has 0 unspecified atom stereocenters. The molecule has 0 amide bonds. The summed E-state index contributed by atoms with van der Waals surface area (Å²) in [5, 5.41) is 7.56. The molecule has 7 heteroatoms. The number of carbonyl (C=O) groups is 1. The van der Waals surface area contributed by atoms with Crippen molar-refractivity contribution in [3.8, 4) is 0 Å². The smallest absolute Gasteiger partial charge is 0.234 e. The maximum atomic E-state index is 10.8. The Hall–Kier alpha value is -0.320. The van der Waals surface area contributed by atoms with E-state index in [1.54, 1.807) is 0 Å². The van der Waals surface area contributed by atoms with E-state index in [0.717, 1.165) is 12.8 Å². The van der Waals surface area contributed by atoms with E-state index in [2.05, 4.69) is 17.2 Å². The Morgan fingerprint density at radius 2 is 1.89 bits per heavy atom. The highest BCUT2D eigenvalue weighted by molar-refractivity contribution is 6.66. The Morgan fingerprint density at radius 3 is 2.44 bits per heavy atom. The number of rotatable bonds is 7. The summed E-state index contributed by atoms with van der Waals surface area (Å²) in [4.78, 5) is 10.8. The molecule has 0 spiro atoms. The predicted octanol–water partition coefficient (Wildman–Crippen LogP) is 3.89. The number of aryl methyl sites for hydroxylation is 1. The van der Waals surface area contributed by atoms with E-state index in [1.807, 2.05) is 0 Å².